The van der Waals surface area contributed by atoms with E-state index in [9.17, 15) is 14.0 Å². The van der Waals surface area contributed by atoms with Crippen LogP contribution < -0.4 is 10.2 Å². The van der Waals surface area contributed by atoms with Crippen molar-refractivity contribution in [3.8, 4) is 0 Å². The number of thiophene rings is 2. The molecule has 1 aliphatic carbocycles. The van der Waals surface area contributed by atoms with Crippen molar-refractivity contribution in [3.63, 3.8) is 0 Å². The number of hydrogen-bond donors (Lipinski definition) is 1. The topological polar surface area (TPSA) is 49.4 Å². The highest BCUT2D eigenvalue weighted by Gasteiger charge is 2.35. The van der Waals surface area contributed by atoms with Crippen LogP contribution in [0.3, 0.4) is 0 Å². The average Bonchev–Trinajstić information content (AvgIpc) is 3.45. The first kappa shape index (κ1) is 22.7. The van der Waals surface area contributed by atoms with E-state index in [1.807, 2.05) is 35.9 Å². The molecule has 2 heterocycles. The van der Waals surface area contributed by atoms with Crippen molar-refractivity contribution in [1.29, 1.82) is 0 Å². The quantitative estimate of drug-likeness (QED) is 0.459. The third-order valence-electron chi connectivity index (χ3n) is 5.89. The molecule has 1 aliphatic rings. The SMILES string of the molecule is Cc1ccsc1C(C(=O)NC1CCCCC1)N(C(=O)Cc1cccs1)c1ccc(F)cc1. The third kappa shape index (κ3) is 5.27. The van der Waals surface area contributed by atoms with E-state index >= 15 is 0 Å². The number of nitrogens with one attached hydrogen (secondary N) is 1. The summed E-state index contributed by atoms with van der Waals surface area (Å²) in [6.07, 6.45) is 5.51. The maximum Gasteiger partial charge on any atom is 0.248 e. The lowest BCUT2D eigenvalue weighted by molar-refractivity contribution is -0.127. The molecular formula is C25H27FN2O2S2. The summed E-state index contributed by atoms with van der Waals surface area (Å²) in [7, 11) is 0. The van der Waals surface area contributed by atoms with Crippen molar-refractivity contribution >= 4 is 40.2 Å². The van der Waals surface area contributed by atoms with Gasteiger partial charge in [0, 0.05) is 21.5 Å². The molecule has 1 N–H and O–H groups in total. The van der Waals surface area contributed by atoms with Gasteiger partial charge in [-0.3, -0.25) is 14.5 Å². The first-order valence-corrected chi connectivity index (χ1v) is 12.7. The first-order valence-electron chi connectivity index (χ1n) is 11.0. The van der Waals surface area contributed by atoms with Crippen LogP contribution in [0.2, 0.25) is 0 Å². The molecule has 1 aromatic carbocycles. The van der Waals surface area contributed by atoms with Crippen molar-refractivity contribution in [1.82, 2.24) is 5.32 Å². The molecule has 1 atom stereocenters. The number of hydrogen-bond acceptors (Lipinski definition) is 4. The molecule has 1 unspecified atom stereocenters. The minimum Gasteiger partial charge on any atom is -0.351 e. The second-order valence-corrected chi connectivity index (χ2v) is 10.2. The van der Waals surface area contributed by atoms with E-state index in [-0.39, 0.29) is 30.1 Å². The van der Waals surface area contributed by atoms with E-state index in [1.54, 1.807) is 17.0 Å². The van der Waals surface area contributed by atoms with Crippen LogP contribution in [-0.2, 0) is 16.0 Å². The summed E-state index contributed by atoms with van der Waals surface area (Å²) in [5, 5.41) is 7.09. The summed E-state index contributed by atoms with van der Waals surface area (Å²) in [5.41, 5.74) is 1.49. The molecule has 0 radical (unpaired) electrons. The molecule has 0 aliphatic heterocycles. The normalized spacial score (nSPS) is 15.3. The molecule has 3 aromatic rings. The van der Waals surface area contributed by atoms with E-state index in [2.05, 4.69) is 5.32 Å². The second kappa shape index (κ2) is 10.4. The Balaban J connectivity index is 1.72. The van der Waals surface area contributed by atoms with Gasteiger partial charge >= 0.3 is 0 Å². The van der Waals surface area contributed by atoms with Crippen LogP contribution in [0.15, 0.2) is 53.2 Å². The van der Waals surface area contributed by atoms with Gasteiger partial charge in [-0.25, -0.2) is 4.39 Å². The Morgan fingerprint density at radius 2 is 1.81 bits per heavy atom. The Bertz CT molecular complexity index is 1040. The fourth-order valence-corrected chi connectivity index (χ4v) is 5.94. The average molecular weight is 471 g/mol. The predicted molar refractivity (Wildman–Crippen MR) is 129 cm³/mol. The van der Waals surface area contributed by atoms with Crippen LogP contribution in [0.4, 0.5) is 10.1 Å². The van der Waals surface area contributed by atoms with Gasteiger partial charge in [0.15, 0.2) is 0 Å². The molecule has 4 rings (SSSR count). The predicted octanol–water partition coefficient (Wildman–Crippen LogP) is 6.02. The van der Waals surface area contributed by atoms with E-state index < -0.39 is 6.04 Å². The lowest BCUT2D eigenvalue weighted by Gasteiger charge is -2.33. The highest BCUT2D eigenvalue weighted by Crippen LogP contribution is 2.34. The maximum absolute atomic E-state index is 13.7. The van der Waals surface area contributed by atoms with Gasteiger partial charge in [-0.1, -0.05) is 25.3 Å². The highest BCUT2D eigenvalue weighted by atomic mass is 32.1. The van der Waals surface area contributed by atoms with Crippen LogP contribution >= 0.6 is 22.7 Å². The van der Waals surface area contributed by atoms with Gasteiger partial charge in [0.1, 0.15) is 11.9 Å². The molecule has 168 valence electrons. The Hall–Kier alpha value is -2.51. The summed E-state index contributed by atoms with van der Waals surface area (Å²) in [4.78, 5) is 30.6. The number of carbonyl (C=O) groups is 2. The molecule has 0 saturated heterocycles. The van der Waals surface area contributed by atoms with Gasteiger partial charge in [0.25, 0.3) is 0 Å². The zero-order valence-corrected chi connectivity index (χ0v) is 19.7. The zero-order valence-electron chi connectivity index (χ0n) is 18.1. The largest absolute Gasteiger partial charge is 0.351 e. The Kier molecular flexibility index (Phi) is 7.37. The molecule has 4 nitrogen and oxygen atoms in total. The van der Waals surface area contributed by atoms with Gasteiger partial charge in [-0.2, -0.15) is 0 Å². The van der Waals surface area contributed by atoms with Crippen LogP contribution in [0, 0.1) is 12.7 Å². The summed E-state index contributed by atoms with van der Waals surface area (Å²) >= 11 is 2.98. The maximum atomic E-state index is 13.7. The van der Waals surface area contributed by atoms with Gasteiger partial charge < -0.3 is 5.32 Å². The summed E-state index contributed by atoms with van der Waals surface area (Å²) < 4.78 is 13.7. The van der Waals surface area contributed by atoms with Gasteiger partial charge in [-0.05, 0) is 72.5 Å². The molecule has 0 spiro atoms. The van der Waals surface area contributed by atoms with E-state index in [0.717, 1.165) is 41.0 Å². The molecule has 1 saturated carbocycles. The number of nitrogens with zero attached hydrogens (tertiary/aromatic N) is 1. The minimum atomic E-state index is -0.796. The molecule has 32 heavy (non-hydrogen) atoms. The van der Waals surface area contributed by atoms with Crippen molar-refractivity contribution in [3.05, 3.63) is 74.4 Å². The van der Waals surface area contributed by atoms with Crippen LogP contribution in [0.1, 0.15) is 53.5 Å². The van der Waals surface area contributed by atoms with Crippen LogP contribution in [0.5, 0.6) is 0 Å². The minimum absolute atomic E-state index is 0.126. The van der Waals surface area contributed by atoms with E-state index in [0.29, 0.717) is 5.69 Å². The fourth-order valence-electron chi connectivity index (χ4n) is 4.23. The Morgan fingerprint density at radius 3 is 2.44 bits per heavy atom. The number of carbonyl (C=O) groups excluding carboxylic acids is 2. The molecular weight excluding hydrogens is 443 g/mol. The van der Waals surface area contributed by atoms with E-state index in [1.165, 1.54) is 41.2 Å². The Morgan fingerprint density at radius 1 is 1.06 bits per heavy atom. The first-order chi connectivity index (χ1) is 15.5. The molecule has 2 amide bonds. The number of aryl methyl sites for hydroxylation is 1. The Labute approximate surface area is 196 Å². The van der Waals surface area contributed by atoms with E-state index in [4.69, 9.17) is 0 Å². The standard InChI is InChI=1S/C25H27FN2O2S2/c1-17-13-15-32-24(17)23(25(30)27-19-6-3-2-4-7-19)28(20-11-9-18(26)10-12-20)22(29)16-21-8-5-14-31-21/h5,8-15,19,23H,2-4,6-7,16H2,1H3,(H,27,30). The van der Waals surface area contributed by atoms with Gasteiger partial charge in [0.05, 0.1) is 6.42 Å². The molecule has 2 aromatic heterocycles. The fraction of sp³-hybridized carbons (Fsp3) is 0.360. The molecule has 1 fully saturated rings. The second-order valence-electron chi connectivity index (χ2n) is 8.21. The van der Waals surface area contributed by atoms with Crippen LogP contribution in [-0.4, -0.2) is 17.9 Å². The monoisotopic (exact) mass is 470 g/mol. The van der Waals surface area contributed by atoms with Crippen LogP contribution in [0.25, 0.3) is 0 Å². The number of amides is 2. The lowest BCUT2D eigenvalue weighted by Crippen LogP contribution is -2.47. The summed E-state index contributed by atoms with van der Waals surface area (Å²) in [5.74, 6) is -0.739. The third-order valence-corrected chi connectivity index (χ3v) is 7.83. The smallest absolute Gasteiger partial charge is 0.248 e. The summed E-state index contributed by atoms with van der Waals surface area (Å²) in [6.45, 7) is 1.96. The number of rotatable bonds is 7. The van der Waals surface area contributed by atoms with Crippen molar-refractivity contribution in [2.75, 3.05) is 4.90 Å². The van der Waals surface area contributed by atoms with Gasteiger partial charge in [0.2, 0.25) is 11.8 Å². The van der Waals surface area contributed by atoms with Crippen molar-refractivity contribution < 1.29 is 14.0 Å². The number of anilines is 1. The summed E-state index contributed by atoms with van der Waals surface area (Å²) in [6, 6.07) is 10.9. The molecule has 7 heteroatoms. The van der Waals surface area contributed by atoms with Crippen molar-refractivity contribution in [2.24, 2.45) is 0 Å². The lowest BCUT2D eigenvalue weighted by atomic mass is 9.95. The number of halogens is 1. The zero-order chi connectivity index (χ0) is 22.5. The highest BCUT2D eigenvalue weighted by molar-refractivity contribution is 7.10. The number of benzene rings is 1. The van der Waals surface area contributed by atoms with Gasteiger partial charge in [-0.15, -0.1) is 22.7 Å². The van der Waals surface area contributed by atoms with Crippen molar-refractivity contribution in [2.45, 2.75) is 57.5 Å². The molecule has 0 bridgehead atoms.